The summed E-state index contributed by atoms with van der Waals surface area (Å²) in [6.45, 7) is 3.36. The fourth-order valence-corrected chi connectivity index (χ4v) is 4.03. The number of carbonyl (C=O) groups is 1. The quantitative estimate of drug-likeness (QED) is 0.809. The van der Waals surface area contributed by atoms with E-state index in [1.54, 1.807) is 14.0 Å². The maximum absolute atomic E-state index is 13.3. The molecule has 1 aliphatic carbocycles. The minimum Gasteiger partial charge on any atom is -0.381 e. The maximum atomic E-state index is 13.3. The molecule has 1 atom stereocenters. The molecule has 152 valence electrons. The summed E-state index contributed by atoms with van der Waals surface area (Å²) in [7, 11) is 1.67. The second kappa shape index (κ2) is 7.57. The molecule has 1 unspecified atom stereocenters. The van der Waals surface area contributed by atoms with Crippen LogP contribution >= 0.6 is 0 Å². The third-order valence-electron chi connectivity index (χ3n) is 5.69. The van der Waals surface area contributed by atoms with Gasteiger partial charge in [-0.15, -0.1) is 0 Å². The number of aromatic nitrogens is 4. The third kappa shape index (κ3) is 3.30. The minimum absolute atomic E-state index is 0.00197. The van der Waals surface area contributed by atoms with Gasteiger partial charge in [0, 0.05) is 38.7 Å². The van der Waals surface area contributed by atoms with Crippen LogP contribution in [0.5, 0.6) is 0 Å². The van der Waals surface area contributed by atoms with Crippen molar-refractivity contribution < 1.29 is 18.3 Å². The molecule has 1 aliphatic heterocycles. The fraction of sp³-hybridized carbons (Fsp3) is 0.667. The van der Waals surface area contributed by atoms with Gasteiger partial charge < -0.3 is 19.5 Å². The summed E-state index contributed by atoms with van der Waals surface area (Å²) in [6.07, 6.45) is 1.19. The lowest BCUT2D eigenvalue weighted by Crippen LogP contribution is -2.44. The molecule has 2 aliphatic rings. The van der Waals surface area contributed by atoms with E-state index in [1.165, 1.54) is 10.9 Å². The van der Waals surface area contributed by atoms with Crippen molar-refractivity contribution in [2.45, 2.75) is 51.3 Å². The SMILES string of the molecule is CCn1c(C(F)F)nc2c(NC3CCN(C(=O)[C@H]4C[C@H](OC)C4)C3)ncnc21. The predicted molar refractivity (Wildman–Crippen MR) is 98.1 cm³/mol. The van der Waals surface area contributed by atoms with E-state index in [0.717, 1.165) is 19.3 Å². The van der Waals surface area contributed by atoms with Crippen LogP contribution in [0.25, 0.3) is 11.2 Å². The van der Waals surface area contributed by atoms with E-state index in [2.05, 4.69) is 20.3 Å². The number of amides is 1. The number of halogens is 2. The molecule has 0 radical (unpaired) electrons. The van der Waals surface area contributed by atoms with E-state index < -0.39 is 6.43 Å². The summed E-state index contributed by atoms with van der Waals surface area (Å²) in [4.78, 5) is 26.9. The number of alkyl halides is 2. The third-order valence-corrected chi connectivity index (χ3v) is 5.69. The van der Waals surface area contributed by atoms with Crippen LogP contribution in [0.1, 0.15) is 38.4 Å². The van der Waals surface area contributed by atoms with Gasteiger partial charge in [-0.05, 0) is 26.2 Å². The molecule has 28 heavy (non-hydrogen) atoms. The molecule has 2 aromatic rings. The van der Waals surface area contributed by atoms with E-state index in [1.807, 2.05) is 4.90 Å². The van der Waals surface area contributed by atoms with Gasteiger partial charge in [0.15, 0.2) is 22.8 Å². The Morgan fingerprint density at radius 2 is 2.18 bits per heavy atom. The Morgan fingerprint density at radius 3 is 2.86 bits per heavy atom. The monoisotopic (exact) mass is 394 g/mol. The van der Waals surface area contributed by atoms with Crippen LogP contribution < -0.4 is 5.32 Å². The van der Waals surface area contributed by atoms with Gasteiger partial charge in [-0.1, -0.05) is 0 Å². The summed E-state index contributed by atoms with van der Waals surface area (Å²) < 4.78 is 33.2. The summed E-state index contributed by atoms with van der Waals surface area (Å²) in [5.41, 5.74) is 0.729. The Balaban J connectivity index is 1.46. The van der Waals surface area contributed by atoms with Gasteiger partial charge in [0.05, 0.1) is 6.10 Å². The summed E-state index contributed by atoms with van der Waals surface area (Å²) in [5.74, 6) is 0.340. The van der Waals surface area contributed by atoms with Gasteiger partial charge in [0.2, 0.25) is 5.91 Å². The van der Waals surface area contributed by atoms with Crippen LogP contribution in [0.15, 0.2) is 6.33 Å². The lowest BCUT2D eigenvalue weighted by Gasteiger charge is -2.35. The molecule has 0 aromatic carbocycles. The first-order valence-electron chi connectivity index (χ1n) is 9.59. The lowest BCUT2D eigenvalue weighted by molar-refractivity contribution is -0.142. The van der Waals surface area contributed by atoms with E-state index in [0.29, 0.717) is 36.6 Å². The van der Waals surface area contributed by atoms with Gasteiger partial charge in [0.25, 0.3) is 6.43 Å². The van der Waals surface area contributed by atoms with Crippen LogP contribution in [-0.2, 0) is 16.1 Å². The van der Waals surface area contributed by atoms with E-state index in [-0.39, 0.29) is 29.8 Å². The van der Waals surface area contributed by atoms with Gasteiger partial charge in [-0.2, -0.15) is 0 Å². The largest absolute Gasteiger partial charge is 0.381 e. The number of nitrogens with one attached hydrogen (secondary N) is 1. The van der Waals surface area contributed by atoms with E-state index >= 15 is 0 Å². The first-order chi connectivity index (χ1) is 13.5. The van der Waals surface area contributed by atoms with Crippen LogP contribution in [0.4, 0.5) is 14.6 Å². The molecular formula is C18H24F2N6O2. The first-order valence-corrected chi connectivity index (χ1v) is 9.59. The number of fused-ring (bicyclic) bond motifs is 1. The first kappa shape index (κ1) is 19.0. The van der Waals surface area contributed by atoms with E-state index in [9.17, 15) is 13.6 Å². The zero-order valence-corrected chi connectivity index (χ0v) is 15.9. The topological polar surface area (TPSA) is 85.2 Å². The van der Waals surface area contributed by atoms with E-state index in [4.69, 9.17) is 4.74 Å². The van der Waals surface area contributed by atoms with Gasteiger partial charge in [-0.3, -0.25) is 4.79 Å². The molecule has 8 nitrogen and oxygen atoms in total. The molecule has 1 saturated heterocycles. The minimum atomic E-state index is -2.68. The number of ether oxygens (including phenoxy) is 1. The van der Waals surface area contributed by atoms with Crippen molar-refractivity contribution in [1.29, 1.82) is 0 Å². The van der Waals surface area contributed by atoms with Crippen molar-refractivity contribution in [3.8, 4) is 0 Å². The van der Waals surface area contributed by atoms with Crippen LogP contribution in [0, 0.1) is 5.92 Å². The molecule has 2 fully saturated rings. The average molecular weight is 394 g/mol. The standard InChI is InChI=1S/C18H24F2N6O2/c1-3-26-16-13(24-17(26)14(19)20)15(21-9-22-16)23-11-4-5-25(8-11)18(27)10-6-12(7-10)28-2/h9-12,14H,3-8H2,1-2H3,(H,21,22,23)/t10-,11?,12-. The molecule has 1 N–H and O–H groups in total. The molecular weight excluding hydrogens is 370 g/mol. The van der Waals surface area contributed by atoms with Crippen molar-refractivity contribution in [2.75, 3.05) is 25.5 Å². The highest BCUT2D eigenvalue weighted by molar-refractivity contribution is 5.84. The van der Waals surface area contributed by atoms with Crippen LogP contribution in [-0.4, -0.2) is 62.7 Å². The Morgan fingerprint density at radius 1 is 1.39 bits per heavy atom. The Labute approximate surface area is 161 Å². The Kier molecular flexibility index (Phi) is 5.13. The highest BCUT2D eigenvalue weighted by atomic mass is 19.3. The van der Waals surface area contributed by atoms with Crippen molar-refractivity contribution in [1.82, 2.24) is 24.4 Å². The number of hydrogen-bond donors (Lipinski definition) is 1. The molecule has 4 rings (SSSR count). The summed E-state index contributed by atoms with van der Waals surface area (Å²) in [6, 6.07) is 0.00197. The zero-order valence-electron chi connectivity index (χ0n) is 15.9. The number of methoxy groups -OCH3 is 1. The summed E-state index contributed by atoms with van der Waals surface area (Å²) >= 11 is 0. The van der Waals surface area contributed by atoms with Gasteiger partial charge >= 0.3 is 0 Å². The number of hydrogen-bond acceptors (Lipinski definition) is 6. The average Bonchev–Trinajstić information content (AvgIpc) is 3.25. The number of rotatable bonds is 6. The molecule has 1 saturated carbocycles. The van der Waals surface area contributed by atoms with Crippen LogP contribution in [0.3, 0.4) is 0 Å². The number of anilines is 1. The molecule has 2 aromatic heterocycles. The normalized spacial score (nSPS) is 24.8. The Hall–Kier alpha value is -2.36. The zero-order chi connectivity index (χ0) is 19.8. The van der Waals surface area contributed by atoms with Crippen LogP contribution in [0.2, 0.25) is 0 Å². The number of aryl methyl sites for hydroxylation is 1. The van der Waals surface area contributed by atoms with Crippen molar-refractivity contribution >= 4 is 22.9 Å². The van der Waals surface area contributed by atoms with Crippen molar-refractivity contribution in [3.63, 3.8) is 0 Å². The number of carbonyl (C=O) groups excluding carboxylic acids is 1. The highest BCUT2D eigenvalue weighted by Gasteiger charge is 2.39. The molecule has 0 spiro atoms. The lowest BCUT2D eigenvalue weighted by atomic mass is 9.81. The molecule has 3 heterocycles. The van der Waals surface area contributed by atoms with Crippen molar-refractivity contribution in [3.05, 3.63) is 12.2 Å². The van der Waals surface area contributed by atoms with Crippen molar-refractivity contribution in [2.24, 2.45) is 5.92 Å². The second-order valence-corrected chi connectivity index (χ2v) is 7.35. The smallest absolute Gasteiger partial charge is 0.295 e. The fourth-order valence-electron chi connectivity index (χ4n) is 4.03. The Bertz CT molecular complexity index is 867. The number of nitrogens with zero attached hydrogens (tertiary/aromatic N) is 5. The van der Waals surface area contributed by atoms with Gasteiger partial charge in [0.1, 0.15) is 6.33 Å². The second-order valence-electron chi connectivity index (χ2n) is 7.35. The molecule has 1 amide bonds. The van der Waals surface area contributed by atoms with Gasteiger partial charge in [-0.25, -0.2) is 23.7 Å². The highest BCUT2D eigenvalue weighted by Crippen LogP contribution is 2.33. The summed E-state index contributed by atoms with van der Waals surface area (Å²) in [5, 5.41) is 3.28. The number of likely N-dealkylation sites (tertiary alicyclic amines) is 1. The molecule has 0 bridgehead atoms. The molecule has 10 heteroatoms. The number of imidazole rings is 1. The predicted octanol–water partition coefficient (Wildman–Crippen LogP) is 2.22. The maximum Gasteiger partial charge on any atom is 0.295 e.